The molecule has 6 nitrogen and oxygen atoms in total. The minimum Gasteiger partial charge on any atom is -0.309 e. The first-order chi connectivity index (χ1) is 11.7. The van der Waals surface area contributed by atoms with E-state index >= 15 is 0 Å². The second-order valence-electron chi connectivity index (χ2n) is 5.75. The Kier molecular flexibility index (Phi) is 5.30. The van der Waals surface area contributed by atoms with Crippen LogP contribution in [0.15, 0.2) is 40.5 Å². The molecule has 0 unspecified atom stereocenters. The number of hydrogen-bond acceptors (Lipinski definition) is 5. The molecule has 0 aliphatic rings. The summed E-state index contributed by atoms with van der Waals surface area (Å²) < 4.78 is 3.69. The summed E-state index contributed by atoms with van der Waals surface area (Å²) in [6.45, 7) is 5.02. The van der Waals surface area contributed by atoms with Crippen molar-refractivity contribution >= 4 is 17.4 Å². The molecule has 0 amide bonds. The molecule has 3 heterocycles. The van der Waals surface area contributed by atoms with Crippen molar-refractivity contribution in [3.8, 4) is 0 Å². The van der Waals surface area contributed by atoms with Crippen LogP contribution in [0.4, 0.5) is 0 Å². The van der Waals surface area contributed by atoms with Crippen LogP contribution in [0, 0.1) is 6.92 Å². The molecule has 0 spiro atoms. The number of unbranched alkanes of at least 4 members (excludes halogenated alkanes) is 2. The van der Waals surface area contributed by atoms with E-state index in [-0.39, 0.29) is 5.56 Å². The molecule has 3 aromatic heterocycles. The van der Waals surface area contributed by atoms with Crippen molar-refractivity contribution in [2.75, 3.05) is 0 Å². The largest absolute Gasteiger partial charge is 0.309 e. The van der Waals surface area contributed by atoms with E-state index in [1.807, 2.05) is 25.1 Å². The molecule has 0 bridgehead atoms. The first-order valence-corrected chi connectivity index (χ1v) is 9.16. The predicted molar refractivity (Wildman–Crippen MR) is 95.3 cm³/mol. The molecule has 0 saturated heterocycles. The van der Waals surface area contributed by atoms with Gasteiger partial charge in [0.1, 0.15) is 12.0 Å². The topological polar surface area (TPSA) is 65.1 Å². The molecule has 0 radical (unpaired) electrons. The third-order valence-corrected chi connectivity index (χ3v) is 4.88. The van der Waals surface area contributed by atoms with E-state index in [1.165, 1.54) is 12.8 Å². The molecule has 0 fully saturated rings. The summed E-state index contributed by atoms with van der Waals surface area (Å²) in [5.41, 5.74) is 2.29. The Bertz CT molecular complexity index is 886. The molecule has 0 saturated carbocycles. The van der Waals surface area contributed by atoms with Gasteiger partial charge in [0, 0.05) is 24.1 Å². The van der Waals surface area contributed by atoms with Gasteiger partial charge in [-0.1, -0.05) is 37.6 Å². The summed E-state index contributed by atoms with van der Waals surface area (Å²) in [6.07, 6.45) is 5.28. The minimum atomic E-state index is -0.0434. The highest BCUT2D eigenvalue weighted by atomic mass is 32.2. The highest BCUT2D eigenvalue weighted by Crippen LogP contribution is 2.20. The minimum absolute atomic E-state index is 0.0434. The lowest BCUT2D eigenvalue weighted by Crippen LogP contribution is -2.17. The summed E-state index contributed by atoms with van der Waals surface area (Å²) in [5.74, 6) is 0.603. The van der Waals surface area contributed by atoms with E-state index in [0.717, 1.165) is 29.5 Å². The second-order valence-corrected chi connectivity index (χ2v) is 6.69. The van der Waals surface area contributed by atoms with Gasteiger partial charge in [-0.05, 0) is 25.5 Å². The Morgan fingerprint density at radius 2 is 2.12 bits per heavy atom. The van der Waals surface area contributed by atoms with Crippen LogP contribution in [0.2, 0.25) is 0 Å². The van der Waals surface area contributed by atoms with Crippen LogP contribution in [0.5, 0.6) is 0 Å². The van der Waals surface area contributed by atoms with E-state index in [4.69, 9.17) is 0 Å². The van der Waals surface area contributed by atoms with Crippen molar-refractivity contribution in [1.82, 2.24) is 24.1 Å². The number of thioether (sulfide) groups is 1. The van der Waals surface area contributed by atoms with Gasteiger partial charge in [0.2, 0.25) is 0 Å². The molecule has 0 aromatic carbocycles. The Hall–Kier alpha value is -2.15. The van der Waals surface area contributed by atoms with E-state index in [9.17, 15) is 4.79 Å². The van der Waals surface area contributed by atoms with Crippen molar-refractivity contribution in [3.63, 3.8) is 0 Å². The van der Waals surface area contributed by atoms with Crippen LogP contribution in [0.1, 0.15) is 37.6 Å². The number of rotatable bonds is 7. The van der Waals surface area contributed by atoms with Gasteiger partial charge in [-0.15, -0.1) is 10.2 Å². The molecule has 126 valence electrons. The quantitative estimate of drug-likeness (QED) is 0.487. The van der Waals surface area contributed by atoms with Crippen LogP contribution in [-0.4, -0.2) is 24.1 Å². The van der Waals surface area contributed by atoms with Gasteiger partial charge in [-0.25, -0.2) is 4.98 Å². The van der Waals surface area contributed by atoms with Crippen molar-refractivity contribution < 1.29 is 0 Å². The number of pyridine rings is 1. The Morgan fingerprint density at radius 3 is 2.96 bits per heavy atom. The SMILES string of the molecule is CCCCCn1cnnc1SCc1cc(=O)n2c(C)cccc2n1. The number of nitrogens with zero attached hydrogens (tertiary/aromatic N) is 5. The predicted octanol–water partition coefficient (Wildman–Crippen LogP) is 3.08. The summed E-state index contributed by atoms with van der Waals surface area (Å²) >= 11 is 1.57. The fourth-order valence-corrected chi connectivity index (χ4v) is 3.45. The molecule has 3 rings (SSSR count). The Morgan fingerprint density at radius 1 is 1.25 bits per heavy atom. The Balaban J connectivity index is 1.75. The van der Waals surface area contributed by atoms with Gasteiger partial charge in [0.05, 0.1) is 5.69 Å². The molecule has 0 atom stereocenters. The van der Waals surface area contributed by atoms with Crippen LogP contribution in [0.25, 0.3) is 5.65 Å². The average Bonchev–Trinajstić information content (AvgIpc) is 3.00. The van der Waals surface area contributed by atoms with Gasteiger partial charge in [0.15, 0.2) is 5.16 Å². The van der Waals surface area contributed by atoms with Crippen LogP contribution < -0.4 is 5.56 Å². The van der Waals surface area contributed by atoms with E-state index in [2.05, 4.69) is 26.7 Å². The van der Waals surface area contributed by atoms with E-state index in [0.29, 0.717) is 11.4 Å². The molecule has 7 heteroatoms. The maximum absolute atomic E-state index is 12.3. The molecular weight excluding hydrogens is 322 g/mol. The maximum atomic E-state index is 12.3. The van der Waals surface area contributed by atoms with Gasteiger partial charge in [-0.2, -0.15) is 0 Å². The lowest BCUT2D eigenvalue weighted by molar-refractivity contribution is 0.566. The molecular formula is C17H21N5OS. The standard InChI is InChI=1S/C17H21N5OS/c1-3-4-5-9-21-12-18-20-17(21)24-11-14-10-16(23)22-13(2)7-6-8-15(22)19-14/h6-8,10,12H,3-5,9,11H2,1-2H3. The van der Waals surface area contributed by atoms with E-state index in [1.54, 1.807) is 28.6 Å². The van der Waals surface area contributed by atoms with Gasteiger partial charge < -0.3 is 4.57 Å². The zero-order valence-electron chi connectivity index (χ0n) is 14.0. The number of aryl methyl sites for hydroxylation is 2. The maximum Gasteiger partial charge on any atom is 0.258 e. The van der Waals surface area contributed by atoms with Crippen LogP contribution >= 0.6 is 11.8 Å². The average molecular weight is 343 g/mol. The monoisotopic (exact) mass is 343 g/mol. The lowest BCUT2D eigenvalue weighted by Gasteiger charge is -2.07. The van der Waals surface area contributed by atoms with Crippen molar-refractivity contribution in [2.24, 2.45) is 0 Å². The first kappa shape index (κ1) is 16.7. The van der Waals surface area contributed by atoms with Crippen molar-refractivity contribution in [1.29, 1.82) is 0 Å². The molecule has 3 aromatic rings. The second kappa shape index (κ2) is 7.61. The highest BCUT2D eigenvalue weighted by molar-refractivity contribution is 7.98. The molecule has 24 heavy (non-hydrogen) atoms. The molecule has 0 aliphatic heterocycles. The fourth-order valence-electron chi connectivity index (χ4n) is 2.62. The Labute approximate surface area is 145 Å². The first-order valence-electron chi connectivity index (χ1n) is 8.18. The third-order valence-electron chi connectivity index (χ3n) is 3.86. The van der Waals surface area contributed by atoms with Crippen LogP contribution in [-0.2, 0) is 12.3 Å². The number of fused-ring (bicyclic) bond motifs is 1. The summed E-state index contributed by atoms with van der Waals surface area (Å²) in [6, 6.07) is 7.28. The fraction of sp³-hybridized carbons (Fsp3) is 0.412. The lowest BCUT2D eigenvalue weighted by atomic mass is 10.2. The zero-order chi connectivity index (χ0) is 16.9. The molecule has 0 aliphatic carbocycles. The highest BCUT2D eigenvalue weighted by Gasteiger charge is 2.08. The van der Waals surface area contributed by atoms with Gasteiger partial charge in [-0.3, -0.25) is 9.20 Å². The normalized spacial score (nSPS) is 11.2. The van der Waals surface area contributed by atoms with Crippen molar-refractivity contribution in [3.05, 3.63) is 52.3 Å². The third kappa shape index (κ3) is 3.67. The van der Waals surface area contributed by atoms with E-state index < -0.39 is 0 Å². The number of aromatic nitrogens is 5. The zero-order valence-corrected chi connectivity index (χ0v) is 14.8. The summed E-state index contributed by atoms with van der Waals surface area (Å²) in [7, 11) is 0. The smallest absolute Gasteiger partial charge is 0.258 e. The summed E-state index contributed by atoms with van der Waals surface area (Å²) in [4.78, 5) is 16.9. The van der Waals surface area contributed by atoms with Crippen molar-refractivity contribution in [2.45, 2.75) is 50.6 Å². The van der Waals surface area contributed by atoms with Gasteiger partial charge >= 0.3 is 0 Å². The summed E-state index contributed by atoms with van der Waals surface area (Å²) in [5, 5.41) is 9.04. The molecule has 0 N–H and O–H groups in total. The van der Waals surface area contributed by atoms with Gasteiger partial charge in [0.25, 0.3) is 5.56 Å². The number of hydrogen-bond donors (Lipinski definition) is 0. The van der Waals surface area contributed by atoms with Crippen LogP contribution in [0.3, 0.4) is 0 Å².